The molecule has 0 bridgehead atoms. The Morgan fingerprint density at radius 3 is 2.55 bits per heavy atom. The van der Waals surface area contributed by atoms with E-state index in [0.717, 1.165) is 37.1 Å². The van der Waals surface area contributed by atoms with Gasteiger partial charge in [-0.1, -0.05) is 0 Å². The van der Waals surface area contributed by atoms with E-state index in [-0.39, 0.29) is 12.6 Å². The second-order valence-electron chi connectivity index (χ2n) is 7.73. The van der Waals surface area contributed by atoms with Gasteiger partial charge in [-0.3, -0.25) is 0 Å². The van der Waals surface area contributed by atoms with Crippen LogP contribution in [0.1, 0.15) is 43.4 Å². The average Bonchev–Trinajstić information content (AvgIpc) is 3.03. The van der Waals surface area contributed by atoms with Crippen LogP contribution in [0.2, 0.25) is 0 Å². The number of rotatable bonds is 6. The second kappa shape index (κ2) is 8.19. The molecule has 6 nitrogen and oxygen atoms in total. The predicted octanol–water partition coefficient (Wildman–Crippen LogP) is 4.74. The van der Waals surface area contributed by atoms with Gasteiger partial charge >= 0.3 is 6.18 Å². The maximum atomic E-state index is 12.7. The number of methoxy groups -OCH3 is 1. The first-order valence-corrected chi connectivity index (χ1v) is 10.1. The Morgan fingerprint density at radius 1 is 1.29 bits per heavy atom. The van der Waals surface area contributed by atoms with Crippen molar-refractivity contribution in [2.75, 3.05) is 7.11 Å². The first-order valence-electron chi connectivity index (χ1n) is 10.1. The monoisotopic (exact) mass is 429 g/mol. The molecule has 1 fully saturated rings. The molecule has 1 aliphatic carbocycles. The largest absolute Gasteiger partial charge is 0.497 e. The van der Waals surface area contributed by atoms with Crippen molar-refractivity contribution in [1.82, 2.24) is 19.9 Å². The molecule has 0 aliphatic heterocycles. The minimum Gasteiger partial charge on any atom is -0.497 e. The van der Waals surface area contributed by atoms with Gasteiger partial charge in [-0.2, -0.15) is 18.4 Å². The first-order chi connectivity index (χ1) is 14.8. The number of fused-ring (bicyclic) bond motifs is 1. The molecule has 4 rings (SSSR count). The number of hydrogen-bond acceptors (Lipinski definition) is 5. The van der Waals surface area contributed by atoms with Crippen LogP contribution in [0.3, 0.4) is 0 Å². The van der Waals surface area contributed by atoms with Crippen molar-refractivity contribution in [2.24, 2.45) is 0 Å². The summed E-state index contributed by atoms with van der Waals surface area (Å²) in [6.45, 7) is 1.06. The summed E-state index contributed by atoms with van der Waals surface area (Å²) in [5.74, 6) is 1.08. The molecule has 1 aromatic carbocycles. The van der Waals surface area contributed by atoms with Gasteiger partial charge in [0.05, 0.1) is 18.2 Å². The molecule has 1 N–H and O–H groups in total. The number of alkyl halides is 3. The fourth-order valence-corrected chi connectivity index (χ4v) is 3.73. The molecule has 1 aliphatic rings. The summed E-state index contributed by atoms with van der Waals surface area (Å²) in [6, 6.07) is 6.49. The maximum absolute atomic E-state index is 12.7. The Labute approximate surface area is 177 Å². The van der Waals surface area contributed by atoms with Crippen molar-refractivity contribution >= 4 is 10.9 Å². The van der Waals surface area contributed by atoms with Crippen molar-refractivity contribution in [1.29, 1.82) is 5.26 Å². The van der Waals surface area contributed by atoms with E-state index in [1.54, 1.807) is 7.11 Å². The molecular weight excluding hydrogens is 407 g/mol. The number of nitriles is 1. The van der Waals surface area contributed by atoms with Crippen molar-refractivity contribution in [2.45, 2.75) is 51.0 Å². The van der Waals surface area contributed by atoms with Crippen molar-refractivity contribution in [3.05, 3.63) is 41.7 Å². The van der Waals surface area contributed by atoms with E-state index in [1.807, 2.05) is 18.2 Å². The van der Waals surface area contributed by atoms with Gasteiger partial charge in [0, 0.05) is 42.0 Å². The van der Waals surface area contributed by atoms with Gasteiger partial charge in [-0.25, -0.2) is 9.97 Å². The van der Waals surface area contributed by atoms with E-state index in [0.29, 0.717) is 28.4 Å². The molecule has 1 saturated carbocycles. The molecule has 0 saturated heterocycles. The first kappa shape index (κ1) is 21.1. The third kappa shape index (κ3) is 3.95. The lowest BCUT2D eigenvalue weighted by molar-refractivity contribution is -0.151. The smallest absolute Gasteiger partial charge is 0.403 e. The van der Waals surface area contributed by atoms with Crippen LogP contribution in [0.25, 0.3) is 22.4 Å². The van der Waals surface area contributed by atoms with Gasteiger partial charge in [0.2, 0.25) is 0 Å². The van der Waals surface area contributed by atoms with Crippen LogP contribution in [0.4, 0.5) is 13.2 Å². The maximum Gasteiger partial charge on any atom is 0.403 e. The summed E-state index contributed by atoms with van der Waals surface area (Å²) in [5, 5.41) is 13.1. The predicted molar refractivity (Wildman–Crippen MR) is 109 cm³/mol. The van der Waals surface area contributed by atoms with E-state index in [9.17, 15) is 18.4 Å². The molecule has 2 heterocycles. The minimum atomic E-state index is -4.31. The average molecular weight is 429 g/mol. The number of nitrogens with one attached hydrogen (secondary N) is 1. The number of nitrogens with zero attached hydrogens (tertiary/aromatic N) is 4. The van der Waals surface area contributed by atoms with Crippen LogP contribution in [0.15, 0.2) is 30.6 Å². The Bertz CT molecular complexity index is 1130. The summed E-state index contributed by atoms with van der Waals surface area (Å²) in [6.07, 6.45) is 1.80. The fourth-order valence-electron chi connectivity index (χ4n) is 3.73. The molecular formula is C22H22F3N5O. The van der Waals surface area contributed by atoms with Gasteiger partial charge in [0.1, 0.15) is 23.6 Å². The zero-order valence-corrected chi connectivity index (χ0v) is 17.2. The molecule has 1 unspecified atom stereocenters. The summed E-state index contributed by atoms with van der Waals surface area (Å²) in [5.41, 5.74) is 2.55. The van der Waals surface area contributed by atoms with Crippen molar-refractivity contribution in [3.8, 4) is 23.3 Å². The molecule has 1 atom stereocenters. The second-order valence-corrected chi connectivity index (χ2v) is 7.73. The van der Waals surface area contributed by atoms with Crippen LogP contribution in [0.5, 0.6) is 5.75 Å². The third-order valence-corrected chi connectivity index (χ3v) is 5.78. The highest BCUT2D eigenvalue weighted by molar-refractivity contribution is 5.94. The lowest BCUT2D eigenvalue weighted by atomic mass is 9.92. The Hall–Kier alpha value is -3.12. The number of benzene rings is 1. The molecule has 3 aromatic rings. The summed E-state index contributed by atoms with van der Waals surface area (Å²) >= 11 is 0. The van der Waals surface area contributed by atoms with Gasteiger partial charge in [-0.05, 0) is 38.3 Å². The Morgan fingerprint density at radius 2 is 2.00 bits per heavy atom. The quantitative estimate of drug-likeness (QED) is 0.612. The van der Waals surface area contributed by atoms with Gasteiger partial charge in [0.25, 0.3) is 0 Å². The topological polar surface area (TPSA) is 75.8 Å². The highest BCUT2D eigenvalue weighted by Crippen LogP contribution is 2.42. The SMILES string of the molecule is COc1ccc2c(C#N)c(-c3ncc(CNC(C)C(F)(F)F)cn3)n(C3CCC3)c2c1. The van der Waals surface area contributed by atoms with E-state index in [4.69, 9.17) is 4.74 Å². The Kier molecular flexibility index (Phi) is 5.58. The van der Waals surface area contributed by atoms with Crippen molar-refractivity contribution in [3.63, 3.8) is 0 Å². The van der Waals surface area contributed by atoms with Crippen LogP contribution in [0, 0.1) is 11.3 Å². The molecule has 2 aromatic heterocycles. The molecule has 31 heavy (non-hydrogen) atoms. The Balaban J connectivity index is 1.73. The number of aromatic nitrogens is 3. The zero-order valence-electron chi connectivity index (χ0n) is 17.2. The third-order valence-electron chi connectivity index (χ3n) is 5.78. The summed E-state index contributed by atoms with van der Waals surface area (Å²) < 4.78 is 45.6. The molecule has 0 radical (unpaired) electrons. The van der Waals surface area contributed by atoms with E-state index >= 15 is 0 Å². The number of hydrogen-bond donors (Lipinski definition) is 1. The molecule has 9 heteroatoms. The zero-order chi connectivity index (χ0) is 22.2. The normalized spacial score (nSPS) is 15.5. The van der Waals surface area contributed by atoms with Gasteiger partial charge < -0.3 is 14.6 Å². The minimum absolute atomic E-state index is 0.00508. The summed E-state index contributed by atoms with van der Waals surface area (Å²) in [4.78, 5) is 8.80. The van der Waals surface area contributed by atoms with E-state index in [1.165, 1.54) is 12.4 Å². The molecule has 0 amide bonds. The van der Waals surface area contributed by atoms with Crippen molar-refractivity contribution < 1.29 is 17.9 Å². The molecule has 0 spiro atoms. The van der Waals surface area contributed by atoms with Gasteiger partial charge in [-0.15, -0.1) is 0 Å². The van der Waals surface area contributed by atoms with Crippen LogP contribution in [-0.4, -0.2) is 33.9 Å². The van der Waals surface area contributed by atoms with E-state index < -0.39 is 12.2 Å². The standard InChI is InChI=1S/C22H22F3N5O/c1-13(22(23,24)25)27-10-14-11-28-21(29-12-14)20-18(9-26)17-7-6-16(31-2)8-19(17)30(20)15-4-3-5-15/h6-8,11-13,15,27H,3-5,10H2,1-2H3. The van der Waals surface area contributed by atoms with Gasteiger partial charge in [0.15, 0.2) is 5.82 Å². The fraction of sp³-hybridized carbons (Fsp3) is 0.409. The van der Waals surface area contributed by atoms with E-state index in [2.05, 4.69) is 25.9 Å². The number of ether oxygens (including phenoxy) is 1. The van der Waals surface area contributed by atoms with Crippen LogP contribution >= 0.6 is 0 Å². The van der Waals surface area contributed by atoms with Crippen LogP contribution < -0.4 is 10.1 Å². The highest BCUT2D eigenvalue weighted by atomic mass is 19.4. The summed E-state index contributed by atoms with van der Waals surface area (Å²) in [7, 11) is 1.60. The molecule has 162 valence electrons. The number of halogens is 3. The highest BCUT2D eigenvalue weighted by Gasteiger charge is 2.35. The van der Waals surface area contributed by atoms with Crippen LogP contribution in [-0.2, 0) is 6.54 Å². The lowest BCUT2D eigenvalue weighted by Crippen LogP contribution is -2.39. The lowest BCUT2D eigenvalue weighted by Gasteiger charge is -2.29.